The van der Waals surface area contributed by atoms with E-state index in [9.17, 15) is 4.79 Å². The highest BCUT2D eigenvalue weighted by molar-refractivity contribution is 5.94. The highest BCUT2D eigenvalue weighted by atomic mass is 35.5. The largest absolute Gasteiger partial charge is 0.497 e. The van der Waals surface area contributed by atoms with E-state index in [0.29, 0.717) is 6.54 Å². The number of hydrogen-bond acceptors (Lipinski definition) is 3. The normalized spacial score (nSPS) is 11.9. The molecule has 0 spiro atoms. The van der Waals surface area contributed by atoms with E-state index in [0.717, 1.165) is 35.5 Å². The molecule has 0 saturated heterocycles. The Kier molecular flexibility index (Phi) is 5.50. The minimum atomic E-state index is 0. The standard InChI is InChI=1S/C18H20N2O2.ClH/c1-20(12-13-3-6-16(22-2)7-4-13)18(21)15-5-8-17-14(11-15)9-10-19-17;/h3-8,11,19H,9-10,12H2,1-2H3;1H. The summed E-state index contributed by atoms with van der Waals surface area (Å²) in [6.07, 6.45) is 0.985. The second-order valence-corrected chi connectivity index (χ2v) is 5.56. The van der Waals surface area contributed by atoms with Crippen molar-refractivity contribution in [3.63, 3.8) is 0 Å². The zero-order chi connectivity index (χ0) is 15.5. The summed E-state index contributed by atoms with van der Waals surface area (Å²) in [5.41, 5.74) is 4.20. The quantitative estimate of drug-likeness (QED) is 0.933. The summed E-state index contributed by atoms with van der Waals surface area (Å²) in [5, 5.41) is 3.31. The molecule has 1 amide bonds. The number of methoxy groups -OCH3 is 1. The smallest absolute Gasteiger partial charge is 0.253 e. The molecule has 2 aromatic carbocycles. The maximum Gasteiger partial charge on any atom is 0.253 e. The van der Waals surface area contributed by atoms with Crippen molar-refractivity contribution in [3.8, 4) is 5.75 Å². The molecule has 1 heterocycles. The van der Waals surface area contributed by atoms with Crippen LogP contribution in [-0.2, 0) is 13.0 Å². The van der Waals surface area contributed by atoms with E-state index >= 15 is 0 Å². The molecule has 0 aliphatic carbocycles. The van der Waals surface area contributed by atoms with Crippen molar-refractivity contribution >= 4 is 24.0 Å². The molecule has 3 rings (SSSR count). The van der Waals surface area contributed by atoms with Crippen LogP contribution in [0, 0.1) is 0 Å². The Labute approximate surface area is 142 Å². The summed E-state index contributed by atoms with van der Waals surface area (Å²) in [4.78, 5) is 14.3. The molecule has 1 N–H and O–H groups in total. The van der Waals surface area contributed by atoms with Gasteiger partial charge in [0.15, 0.2) is 0 Å². The number of carbonyl (C=O) groups is 1. The Morgan fingerprint density at radius 2 is 1.96 bits per heavy atom. The zero-order valence-corrected chi connectivity index (χ0v) is 14.2. The van der Waals surface area contributed by atoms with E-state index in [4.69, 9.17) is 4.74 Å². The molecule has 5 heteroatoms. The van der Waals surface area contributed by atoms with Crippen molar-refractivity contribution in [2.45, 2.75) is 13.0 Å². The maximum absolute atomic E-state index is 12.6. The van der Waals surface area contributed by atoms with Gasteiger partial charge in [-0.1, -0.05) is 12.1 Å². The van der Waals surface area contributed by atoms with Crippen molar-refractivity contribution < 1.29 is 9.53 Å². The molecule has 0 aromatic heterocycles. The van der Waals surface area contributed by atoms with E-state index in [2.05, 4.69) is 5.32 Å². The SMILES string of the molecule is COc1ccc(CN(C)C(=O)c2ccc3c(c2)CCN3)cc1.Cl. The number of carbonyl (C=O) groups excluding carboxylic acids is 1. The Bertz CT molecular complexity index is 686. The molecule has 1 aliphatic rings. The number of halogens is 1. The van der Waals surface area contributed by atoms with Gasteiger partial charge in [-0.2, -0.15) is 0 Å². The number of nitrogens with zero attached hydrogens (tertiary/aromatic N) is 1. The van der Waals surface area contributed by atoms with Crippen molar-refractivity contribution in [2.24, 2.45) is 0 Å². The third-order valence-electron chi connectivity index (χ3n) is 3.99. The third kappa shape index (κ3) is 3.77. The highest BCUT2D eigenvalue weighted by Gasteiger charge is 2.16. The molecule has 0 radical (unpaired) electrons. The van der Waals surface area contributed by atoms with Gasteiger partial charge < -0.3 is 15.0 Å². The van der Waals surface area contributed by atoms with Crippen LogP contribution in [0.4, 0.5) is 5.69 Å². The summed E-state index contributed by atoms with van der Waals surface area (Å²) in [6.45, 7) is 1.53. The lowest BCUT2D eigenvalue weighted by molar-refractivity contribution is 0.0785. The average Bonchev–Trinajstić information content (AvgIpc) is 3.02. The van der Waals surface area contributed by atoms with Gasteiger partial charge in [-0.3, -0.25) is 4.79 Å². The molecular formula is C18H21ClN2O2. The number of nitrogens with one attached hydrogen (secondary N) is 1. The summed E-state index contributed by atoms with van der Waals surface area (Å²) >= 11 is 0. The van der Waals surface area contributed by atoms with Crippen LogP contribution in [0.5, 0.6) is 5.75 Å². The molecule has 1 aliphatic heterocycles. The van der Waals surface area contributed by atoms with Crippen LogP contribution in [-0.4, -0.2) is 31.5 Å². The monoisotopic (exact) mass is 332 g/mol. The van der Waals surface area contributed by atoms with E-state index in [-0.39, 0.29) is 18.3 Å². The number of fused-ring (bicyclic) bond motifs is 1. The van der Waals surface area contributed by atoms with Crippen molar-refractivity contribution in [1.29, 1.82) is 0 Å². The predicted molar refractivity (Wildman–Crippen MR) is 94.7 cm³/mol. The lowest BCUT2D eigenvalue weighted by Crippen LogP contribution is -2.26. The Morgan fingerprint density at radius 3 is 2.65 bits per heavy atom. The van der Waals surface area contributed by atoms with Gasteiger partial charge in [-0.25, -0.2) is 0 Å². The van der Waals surface area contributed by atoms with Crippen LogP contribution in [0.3, 0.4) is 0 Å². The van der Waals surface area contributed by atoms with Gasteiger partial charge >= 0.3 is 0 Å². The minimum Gasteiger partial charge on any atom is -0.497 e. The number of hydrogen-bond donors (Lipinski definition) is 1. The lowest BCUT2D eigenvalue weighted by Gasteiger charge is -2.18. The predicted octanol–water partition coefficient (Wildman–Crippen LogP) is 3.36. The van der Waals surface area contributed by atoms with Gasteiger partial charge in [0.25, 0.3) is 5.91 Å². The molecule has 122 valence electrons. The van der Waals surface area contributed by atoms with E-state index in [1.165, 1.54) is 5.56 Å². The molecule has 23 heavy (non-hydrogen) atoms. The first-order valence-corrected chi connectivity index (χ1v) is 7.42. The molecule has 2 aromatic rings. The number of rotatable bonds is 4. The number of ether oxygens (including phenoxy) is 1. The summed E-state index contributed by atoms with van der Waals surface area (Å²) in [6, 6.07) is 13.7. The van der Waals surface area contributed by atoms with Crippen molar-refractivity contribution in [1.82, 2.24) is 4.90 Å². The number of benzene rings is 2. The van der Waals surface area contributed by atoms with Gasteiger partial charge in [0.1, 0.15) is 5.75 Å². The van der Waals surface area contributed by atoms with Crippen LogP contribution >= 0.6 is 12.4 Å². The summed E-state index contributed by atoms with van der Waals surface area (Å²) in [5.74, 6) is 0.870. The van der Waals surface area contributed by atoms with Crippen LogP contribution in [0.25, 0.3) is 0 Å². The molecular weight excluding hydrogens is 312 g/mol. The second-order valence-electron chi connectivity index (χ2n) is 5.56. The number of amides is 1. The first kappa shape index (κ1) is 17.2. The number of anilines is 1. The molecule has 0 bridgehead atoms. The van der Waals surface area contributed by atoms with Gasteiger partial charge in [-0.05, 0) is 47.9 Å². The zero-order valence-electron chi connectivity index (χ0n) is 13.3. The fraction of sp³-hybridized carbons (Fsp3) is 0.278. The summed E-state index contributed by atoms with van der Waals surface area (Å²) < 4.78 is 5.15. The van der Waals surface area contributed by atoms with Crippen molar-refractivity contribution in [2.75, 3.05) is 26.0 Å². The maximum atomic E-state index is 12.6. The fourth-order valence-corrected chi connectivity index (χ4v) is 2.73. The Balaban J connectivity index is 0.00000192. The van der Waals surface area contributed by atoms with Gasteiger partial charge in [0, 0.05) is 31.4 Å². The molecule has 0 unspecified atom stereocenters. The summed E-state index contributed by atoms with van der Waals surface area (Å²) in [7, 11) is 3.48. The van der Waals surface area contributed by atoms with E-state index < -0.39 is 0 Å². The van der Waals surface area contributed by atoms with Gasteiger partial charge in [0.05, 0.1) is 7.11 Å². The average molecular weight is 333 g/mol. The first-order valence-electron chi connectivity index (χ1n) is 7.42. The molecule has 0 saturated carbocycles. The Morgan fingerprint density at radius 1 is 1.22 bits per heavy atom. The van der Waals surface area contributed by atoms with Crippen LogP contribution in [0.1, 0.15) is 21.5 Å². The second kappa shape index (κ2) is 7.38. The minimum absolute atomic E-state index is 0. The highest BCUT2D eigenvalue weighted by Crippen LogP contribution is 2.23. The van der Waals surface area contributed by atoms with Crippen molar-refractivity contribution in [3.05, 3.63) is 59.2 Å². The fourth-order valence-electron chi connectivity index (χ4n) is 2.73. The van der Waals surface area contributed by atoms with Crippen LogP contribution in [0.15, 0.2) is 42.5 Å². The third-order valence-corrected chi connectivity index (χ3v) is 3.99. The van der Waals surface area contributed by atoms with Gasteiger partial charge in [-0.15, -0.1) is 12.4 Å². The molecule has 4 nitrogen and oxygen atoms in total. The van der Waals surface area contributed by atoms with E-state index in [1.54, 1.807) is 12.0 Å². The van der Waals surface area contributed by atoms with Gasteiger partial charge in [0.2, 0.25) is 0 Å². The topological polar surface area (TPSA) is 41.6 Å². The molecule has 0 fully saturated rings. The van der Waals surface area contributed by atoms with Crippen LogP contribution < -0.4 is 10.1 Å². The first-order chi connectivity index (χ1) is 10.7. The van der Waals surface area contributed by atoms with E-state index in [1.807, 2.05) is 49.5 Å². The lowest BCUT2D eigenvalue weighted by atomic mass is 10.1. The van der Waals surface area contributed by atoms with Crippen LogP contribution in [0.2, 0.25) is 0 Å². The molecule has 0 atom stereocenters. The Hall–Kier alpha value is -2.20.